The summed E-state index contributed by atoms with van der Waals surface area (Å²) in [4.78, 5) is 12.1. The van der Waals surface area contributed by atoms with E-state index in [9.17, 15) is 9.90 Å². The number of ether oxygens (including phenoxy) is 1. The molecule has 19 heavy (non-hydrogen) atoms. The predicted molar refractivity (Wildman–Crippen MR) is 73.3 cm³/mol. The molecule has 1 saturated carbocycles. The largest absolute Gasteiger partial charge is 0.478 e. The van der Waals surface area contributed by atoms with E-state index in [0.29, 0.717) is 23.6 Å². The quantitative estimate of drug-likeness (QED) is 0.890. The third-order valence-corrected chi connectivity index (χ3v) is 3.43. The van der Waals surface area contributed by atoms with Gasteiger partial charge < -0.3 is 15.2 Å². The molecule has 0 bridgehead atoms. The molecular formula is C14H18ClNO3. The van der Waals surface area contributed by atoms with Crippen molar-refractivity contribution in [3.05, 3.63) is 29.3 Å². The number of aliphatic hydroxyl groups excluding tert-OH is 1. The molecule has 1 amide bonds. The van der Waals surface area contributed by atoms with Crippen LogP contribution in [-0.4, -0.2) is 28.8 Å². The first-order valence-electron chi connectivity index (χ1n) is 6.30. The van der Waals surface area contributed by atoms with E-state index in [1.54, 1.807) is 38.1 Å². The molecule has 0 heterocycles. The summed E-state index contributed by atoms with van der Waals surface area (Å²) in [7, 11) is 0. The average molecular weight is 284 g/mol. The van der Waals surface area contributed by atoms with Gasteiger partial charge in [-0.05, 0) is 51.0 Å². The van der Waals surface area contributed by atoms with Gasteiger partial charge in [-0.25, -0.2) is 0 Å². The van der Waals surface area contributed by atoms with Crippen molar-refractivity contribution in [2.24, 2.45) is 0 Å². The lowest BCUT2D eigenvalue weighted by Gasteiger charge is -2.35. The van der Waals surface area contributed by atoms with Crippen molar-refractivity contribution in [3.8, 4) is 5.75 Å². The molecule has 0 unspecified atom stereocenters. The number of hydrogen-bond donors (Lipinski definition) is 2. The van der Waals surface area contributed by atoms with Gasteiger partial charge in [0.25, 0.3) is 5.91 Å². The number of nitrogens with one attached hydrogen (secondary N) is 1. The van der Waals surface area contributed by atoms with Crippen LogP contribution in [0.4, 0.5) is 0 Å². The highest BCUT2D eigenvalue weighted by Crippen LogP contribution is 2.23. The second-order valence-corrected chi connectivity index (χ2v) is 5.80. The molecule has 1 aromatic carbocycles. The summed E-state index contributed by atoms with van der Waals surface area (Å²) < 4.78 is 5.68. The maximum Gasteiger partial charge on any atom is 0.263 e. The molecule has 0 atom stereocenters. The lowest BCUT2D eigenvalue weighted by Crippen LogP contribution is -2.54. The summed E-state index contributed by atoms with van der Waals surface area (Å²) in [6, 6.07) is 6.94. The van der Waals surface area contributed by atoms with Crippen LogP contribution in [0.3, 0.4) is 0 Å². The van der Waals surface area contributed by atoms with Crippen LogP contribution in [0.15, 0.2) is 24.3 Å². The standard InChI is InChI=1S/C14H18ClNO3/c1-14(2,13(18)16-10-7-11(17)8-10)19-12-5-3-9(15)4-6-12/h3-6,10-11,17H,7-8H2,1-2H3,(H,16,18). The van der Waals surface area contributed by atoms with Crippen molar-refractivity contribution < 1.29 is 14.6 Å². The first-order valence-corrected chi connectivity index (χ1v) is 6.68. The molecular weight excluding hydrogens is 266 g/mol. The van der Waals surface area contributed by atoms with Crippen LogP contribution in [0.1, 0.15) is 26.7 Å². The first kappa shape index (κ1) is 14.2. The Morgan fingerprint density at radius 2 is 1.95 bits per heavy atom. The number of carbonyl (C=O) groups is 1. The Kier molecular flexibility index (Phi) is 4.02. The van der Waals surface area contributed by atoms with Crippen molar-refractivity contribution in [2.45, 2.75) is 44.4 Å². The normalized spacial score (nSPS) is 22.5. The van der Waals surface area contributed by atoms with Gasteiger partial charge in [0.1, 0.15) is 5.75 Å². The molecule has 2 N–H and O–H groups in total. The number of aliphatic hydroxyl groups is 1. The summed E-state index contributed by atoms with van der Waals surface area (Å²) in [5.41, 5.74) is -0.964. The van der Waals surface area contributed by atoms with Gasteiger partial charge >= 0.3 is 0 Å². The van der Waals surface area contributed by atoms with Crippen LogP contribution in [0.2, 0.25) is 5.02 Å². The van der Waals surface area contributed by atoms with Gasteiger partial charge in [0.15, 0.2) is 5.60 Å². The lowest BCUT2D eigenvalue weighted by atomic mass is 9.89. The zero-order valence-electron chi connectivity index (χ0n) is 11.0. The van der Waals surface area contributed by atoms with E-state index >= 15 is 0 Å². The van der Waals surface area contributed by atoms with Crippen LogP contribution < -0.4 is 10.1 Å². The Labute approximate surface area is 117 Å². The summed E-state index contributed by atoms with van der Waals surface area (Å²) in [5.74, 6) is 0.414. The second-order valence-electron chi connectivity index (χ2n) is 5.36. The highest BCUT2D eigenvalue weighted by atomic mass is 35.5. The van der Waals surface area contributed by atoms with Crippen molar-refractivity contribution in [3.63, 3.8) is 0 Å². The molecule has 2 rings (SSSR count). The molecule has 0 aliphatic heterocycles. The Hall–Kier alpha value is -1.26. The third kappa shape index (κ3) is 3.61. The van der Waals surface area contributed by atoms with E-state index in [0.717, 1.165) is 0 Å². The maximum atomic E-state index is 12.1. The number of carbonyl (C=O) groups excluding carboxylic acids is 1. The lowest BCUT2D eigenvalue weighted by molar-refractivity contribution is -0.136. The Morgan fingerprint density at radius 3 is 2.47 bits per heavy atom. The number of benzene rings is 1. The molecule has 1 aliphatic rings. The van der Waals surface area contributed by atoms with Crippen LogP contribution in [0.25, 0.3) is 0 Å². The molecule has 0 spiro atoms. The fraction of sp³-hybridized carbons (Fsp3) is 0.500. The van der Waals surface area contributed by atoms with Gasteiger partial charge in [0.2, 0.25) is 0 Å². The van der Waals surface area contributed by atoms with Gasteiger partial charge in [0, 0.05) is 11.1 Å². The molecule has 0 saturated heterocycles. The maximum absolute atomic E-state index is 12.1. The molecule has 1 fully saturated rings. The Bertz CT molecular complexity index is 452. The summed E-state index contributed by atoms with van der Waals surface area (Å²) in [6.45, 7) is 3.43. The van der Waals surface area contributed by atoms with E-state index in [1.807, 2.05) is 0 Å². The minimum atomic E-state index is -0.964. The summed E-state index contributed by atoms with van der Waals surface area (Å²) >= 11 is 5.80. The van der Waals surface area contributed by atoms with Crippen molar-refractivity contribution in [2.75, 3.05) is 0 Å². The minimum Gasteiger partial charge on any atom is -0.478 e. The van der Waals surface area contributed by atoms with Crippen molar-refractivity contribution >= 4 is 17.5 Å². The Balaban J connectivity index is 1.93. The van der Waals surface area contributed by atoms with E-state index < -0.39 is 5.60 Å². The number of hydrogen-bond acceptors (Lipinski definition) is 3. The van der Waals surface area contributed by atoms with Gasteiger partial charge in [-0.1, -0.05) is 11.6 Å². The first-order chi connectivity index (χ1) is 8.87. The zero-order chi connectivity index (χ0) is 14.0. The Morgan fingerprint density at radius 1 is 1.37 bits per heavy atom. The van der Waals surface area contributed by atoms with Crippen molar-refractivity contribution in [1.29, 1.82) is 0 Å². The topological polar surface area (TPSA) is 58.6 Å². The monoisotopic (exact) mass is 283 g/mol. The second kappa shape index (κ2) is 5.39. The molecule has 5 heteroatoms. The molecule has 1 aromatic rings. The van der Waals surface area contributed by atoms with Crippen LogP contribution in [-0.2, 0) is 4.79 Å². The number of halogens is 1. The van der Waals surface area contributed by atoms with E-state index in [1.165, 1.54) is 0 Å². The van der Waals surface area contributed by atoms with Gasteiger partial charge in [-0.15, -0.1) is 0 Å². The SMILES string of the molecule is CC(C)(Oc1ccc(Cl)cc1)C(=O)NC1CC(O)C1. The average Bonchev–Trinajstić information content (AvgIpc) is 2.30. The highest BCUT2D eigenvalue weighted by Gasteiger charge is 2.35. The van der Waals surface area contributed by atoms with Crippen LogP contribution in [0, 0.1) is 0 Å². The molecule has 1 aliphatic carbocycles. The molecule has 0 radical (unpaired) electrons. The number of rotatable bonds is 4. The zero-order valence-corrected chi connectivity index (χ0v) is 11.8. The van der Waals surface area contributed by atoms with Gasteiger partial charge in [-0.2, -0.15) is 0 Å². The molecule has 104 valence electrons. The predicted octanol–water partition coefficient (Wildman–Crippen LogP) is 2.14. The van der Waals surface area contributed by atoms with Gasteiger partial charge in [0.05, 0.1) is 6.10 Å². The molecule has 0 aromatic heterocycles. The fourth-order valence-corrected chi connectivity index (χ4v) is 2.03. The minimum absolute atomic E-state index is 0.0515. The van der Waals surface area contributed by atoms with E-state index in [-0.39, 0.29) is 18.1 Å². The van der Waals surface area contributed by atoms with Gasteiger partial charge in [-0.3, -0.25) is 4.79 Å². The van der Waals surface area contributed by atoms with E-state index in [2.05, 4.69) is 5.32 Å². The number of amides is 1. The third-order valence-electron chi connectivity index (χ3n) is 3.18. The van der Waals surface area contributed by atoms with E-state index in [4.69, 9.17) is 16.3 Å². The smallest absolute Gasteiger partial charge is 0.263 e. The summed E-state index contributed by atoms with van der Waals surface area (Å²) in [6.07, 6.45) is 0.941. The van der Waals surface area contributed by atoms with Crippen molar-refractivity contribution in [1.82, 2.24) is 5.32 Å². The fourth-order valence-electron chi connectivity index (χ4n) is 1.91. The van der Waals surface area contributed by atoms with Crippen LogP contribution in [0.5, 0.6) is 5.75 Å². The summed E-state index contributed by atoms with van der Waals surface area (Å²) in [5, 5.41) is 12.7. The molecule has 4 nitrogen and oxygen atoms in total. The van der Waals surface area contributed by atoms with Crippen LogP contribution >= 0.6 is 11.6 Å². The highest BCUT2D eigenvalue weighted by molar-refractivity contribution is 6.30.